The SMILES string of the molecule is FC(F)(F)Oc1ccccc1CN1CCN(c2ncnc3c2nc(-c2ccccc2Cl)n3-c2ccc(Cl)cc2)CC1. The van der Waals surface area contributed by atoms with Gasteiger partial charge in [-0.1, -0.05) is 53.5 Å². The first-order valence-corrected chi connectivity index (χ1v) is 13.6. The average Bonchev–Trinajstić information content (AvgIpc) is 3.34. The Kier molecular flexibility index (Phi) is 7.46. The number of ether oxygens (including phenoxy) is 1. The zero-order valence-corrected chi connectivity index (χ0v) is 23.0. The Balaban J connectivity index is 1.30. The molecule has 3 aromatic carbocycles. The number of nitrogens with zero attached hydrogens (tertiary/aromatic N) is 6. The lowest BCUT2D eigenvalue weighted by Gasteiger charge is -2.35. The van der Waals surface area contributed by atoms with Gasteiger partial charge in [0.2, 0.25) is 0 Å². The third-order valence-corrected chi connectivity index (χ3v) is 7.47. The Morgan fingerprint density at radius 3 is 2.27 bits per heavy atom. The highest BCUT2D eigenvalue weighted by Gasteiger charge is 2.32. The summed E-state index contributed by atoms with van der Waals surface area (Å²) in [6, 6.07) is 21.1. The van der Waals surface area contributed by atoms with Gasteiger partial charge >= 0.3 is 6.36 Å². The lowest BCUT2D eigenvalue weighted by molar-refractivity contribution is -0.275. The molecule has 1 fully saturated rings. The van der Waals surface area contributed by atoms with Gasteiger partial charge in [0.25, 0.3) is 0 Å². The number of halogens is 5. The fraction of sp³-hybridized carbons (Fsp3) is 0.207. The molecule has 0 aliphatic carbocycles. The number of para-hydroxylation sites is 1. The predicted octanol–water partition coefficient (Wildman–Crippen LogP) is 7.01. The minimum atomic E-state index is -4.74. The van der Waals surface area contributed by atoms with Gasteiger partial charge in [-0.2, -0.15) is 0 Å². The molecule has 41 heavy (non-hydrogen) atoms. The minimum Gasteiger partial charge on any atom is -0.405 e. The van der Waals surface area contributed by atoms with Crippen molar-refractivity contribution in [2.24, 2.45) is 0 Å². The normalized spacial score (nSPS) is 14.5. The van der Waals surface area contributed by atoms with Crippen LogP contribution in [0.5, 0.6) is 5.75 Å². The standard InChI is InChI=1S/C29H23Cl2F3N6O/c30-20-9-11-21(12-10-20)40-26(22-6-2-3-7-23(22)31)37-25-27(35-18-36-28(25)40)39-15-13-38(14-16-39)17-19-5-1-4-8-24(19)41-29(32,33)34/h1-12,18H,13-17H2. The van der Waals surface area contributed by atoms with Gasteiger partial charge in [0.05, 0.1) is 5.02 Å². The van der Waals surface area contributed by atoms with Crippen LogP contribution in [0.4, 0.5) is 19.0 Å². The van der Waals surface area contributed by atoms with E-state index in [0.717, 1.165) is 11.3 Å². The van der Waals surface area contributed by atoms with Crippen LogP contribution in [0.2, 0.25) is 10.0 Å². The van der Waals surface area contributed by atoms with E-state index in [1.807, 2.05) is 41.0 Å². The fourth-order valence-electron chi connectivity index (χ4n) is 4.99. The summed E-state index contributed by atoms with van der Waals surface area (Å²) in [6.45, 7) is 2.76. The van der Waals surface area contributed by atoms with Crippen molar-refractivity contribution in [1.82, 2.24) is 24.4 Å². The molecule has 12 heteroatoms. The summed E-state index contributed by atoms with van der Waals surface area (Å²) in [4.78, 5) is 18.4. The van der Waals surface area contributed by atoms with Gasteiger partial charge in [0.1, 0.15) is 17.9 Å². The molecule has 1 aliphatic heterocycles. The summed E-state index contributed by atoms with van der Waals surface area (Å²) < 4.78 is 44.8. The number of hydrogen-bond donors (Lipinski definition) is 0. The maximum Gasteiger partial charge on any atom is 0.573 e. The second kappa shape index (κ2) is 11.2. The molecule has 5 aromatic rings. The second-order valence-corrected chi connectivity index (χ2v) is 10.4. The number of rotatable bonds is 6. The van der Waals surface area contributed by atoms with Gasteiger partial charge in [-0.25, -0.2) is 15.0 Å². The molecule has 0 atom stereocenters. The highest BCUT2D eigenvalue weighted by atomic mass is 35.5. The van der Waals surface area contributed by atoms with E-state index in [4.69, 9.17) is 28.2 Å². The summed E-state index contributed by atoms with van der Waals surface area (Å²) in [6.07, 6.45) is -3.23. The van der Waals surface area contributed by atoms with Crippen LogP contribution in [0, 0.1) is 0 Å². The van der Waals surface area contributed by atoms with E-state index in [-0.39, 0.29) is 5.75 Å². The number of aromatic nitrogens is 4. The first-order valence-electron chi connectivity index (χ1n) is 12.8. The summed E-state index contributed by atoms with van der Waals surface area (Å²) in [5.41, 5.74) is 3.29. The second-order valence-electron chi connectivity index (χ2n) is 9.52. The van der Waals surface area contributed by atoms with Crippen molar-refractivity contribution in [3.63, 3.8) is 0 Å². The molecule has 3 heterocycles. The lowest BCUT2D eigenvalue weighted by Crippen LogP contribution is -2.46. The Morgan fingerprint density at radius 2 is 1.54 bits per heavy atom. The summed E-state index contributed by atoms with van der Waals surface area (Å²) >= 11 is 12.8. The molecule has 0 unspecified atom stereocenters. The van der Waals surface area contributed by atoms with Crippen LogP contribution in [-0.2, 0) is 6.54 Å². The van der Waals surface area contributed by atoms with Crippen molar-refractivity contribution in [3.8, 4) is 22.8 Å². The van der Waals surface area contributed by atoms with E-state index in [0.29, 0.717) is 71.1 Å². The van der Waals surface area contributed by atoms with E-state index < -0.39 is 6.36 Å². The summed E-state index contributed by atoms with van der Waals surface area (Å²) in [5, 5.41) is 1.16. The Labute approximate surface area is 243 Å². The summed E-state index contributed by atoms with van der Waals surface area (Å²) in [7, 11) is 0. The Hall–Kier alpha value is -3.86. The Morgan fingerprint density at radius 1 is 0.829 bits per heavy atom. The van der Waals surface area contributed by atoms with Gasteiger partial charge < -0.3 is 9.64 Å². The van der Waals surface area contributed by atoms with Crippen LogP contribution in [0.25, 0.3) is 28.2 Å². The molecule has 0 amide bonds. The van der Waals surface area contributed by atoms with Crippen LogP contribution in [0.1, 0.15) is 5.56 Å². The van der Waals surface area contributed by atoms with Gasteiger partial charge in [0.15, 0.2) is 17.0 Å². The molecule has 6 rings (SSSR count). The number of imidazole rings is 1. The molecule has 1 saturated heterocycles. The van der Waals surface area contributed by atoms with E-state index in [1.165, 1.54) is 18.5 Å². The van der Waals surface area contributed by atoms with Crippen LogP contribution < -0.4 is 9.64 Å². The molecule has 0 saturated carbocycles. The molecule has 210 valence electrons. The first kappa shape index (κ1) is 27.3. The molecule has 2 aromatic heterocycles. The van der Waals surface area contributed by atoms with Gasteiger partial charge in [-0.3, -0.25) is 9.47 Å². The van der Waals surface area contributed by atoms with Gasteiger partial charge in [0, 0.05) is 54.6 Å². The summed E-state index contributed by atoms with van der Waals surface area (Å²) in [5.74, 6) is 1.12. The van der Waals surface area contributed by atoms with Crippen molar-refractivity contribution >= 4 is 40.2 Å². The monoisotopic (exact) mass is 598 g/mol. The van der Waals surface area contributed by atoms with Crippen molar-refractivity contribution in [1.29, 1.82) is 0 Å². The van der Waals surface area contributed by atoms with Crippen LogP contribution in [-0.4, -0.2) is 57.0 Å². The quantitative estimate of drug-likeness (QED) is 0.209. The molecule has 7 nitrogen and oxygen atoms in total. The van der Waals surface area contributed by atoms with E-state index >= 15 is 0 Å². The highest BCUT2D eigenvalue weighted by molar-refractivity contribution is 6.33. The number of benzene rings is 3. The van der Waals surface area contributed by atoms with Gasteiger partial charge in [-0.15, -0.1) is 13.2 Å². The molecular weight excluding hydrogens is 576 g/mol. The number of anilines is 1. The van der Waals surface area contributed by atoms with E-state index in [1.54, 1.807) is 24.3 Å². The smallest absolute Gasteiger partial charge is 0.405 e. The number of alkyl halides is 3. The van der Waals surface area contributed by atoms with E-state index in [9.17, 15) is 13.2 Å². The van der Waals surface area contributed by atoms with Crippen LogP contribution in [0.15, 0.2) is 79.1 Å². The van der Waals surface area contributed by atoms with Crippen molar-refractivity contribution in [2.75, 3.05) is 31.1 Å². The number of hydrogen-bond acceptors (Lipinski definition) is 6. The first-order chi connectivity index (χ1) is 19.8. The molecule has 0 bridgehead atoms. The van der Waals surface area contributed by atoms with E-state index in [2.05, 4.69) is 24.5 Å². The number of fused-ring (bicyclic) bond motifs is 1. The zero-order chi connectivity index (χ0) is 28.6. The van der Waals surface area contributed by atoms with Crippen molar-refractivity contribution < 1.29 is 17.9 Å². The maximum atomic E-state index is 12.9. The molecule has 1 aliphatic rings. The van der Waals surface area contributed by atoms with Crippen LogP contribution >= 0.6 is 23.2 Å². The third kappa shape index (κ3) is 5.81. The Bertz CT molecular complexity index is 1680. The molecule has 0 radical (unpaired) electrons. The largest absolute Gasteiger partial charge is 0.573 e. The lowest BCUT2D eigenvalue weighted by atomic mass is 10.1. The topological polar surface area (TPSA) is 59.3 Å². The zero-order valence-electron chi connectivity index (χ0n) is 21.5. The number of piperazine rings is 1. The predicted molar refractivity (Wildman–Crippen MR) is 153 cm³/mol. The minimum absolute atomic E-state index is 0.181. The molecule has 0 spiro atoms. The molecule has 0 N–H and O–H groups in total. The molecular formula is C29H23Cl2F3N6O. The highest BCUT2D eigenvalue weighted by Crippen LogP contribution is 2.35. The van der Waals surface area contributed by atoms with Crippen molar-refractivity contribution in [2.45, 2.75) is 12.9 Å². The average molecular weight is 599 g/mol. The fourth-order valence-corrected chi connectivity index (χ4v) is 5.33. The van der Waals surface area contributed by atoms with Crippen LogP contribution in [0.3, 0.4) is 0 Å². The van der Waals surface area contributed by atoms with Crippen molar-refractivity contribution in [3.05, 3.63) is 94.7 Å². The maximum absolute atomic E-state index is 12.9. The van der Waals surface area contributed by atoms with Gasteiger partial charge in [-0.05, 0) is 42.5 Å². The third-order valence-electron chi connectivity index (χ3n) is 6.89.